The zero-order chi connectivity index (χ0) is 14.0. The van der Waals surface area contributed by atoms with Crippen molar-refractivity contribution >= 4 is 34.6 Å². The number of anilines is 3. The second-order valence-corrected chi connectivity index (χ2v) is 4.02. The number of nitrogens with zero attached hydrogens (tertiary/aromatic N) is 2. The van der Waals surface area contributed by atoms with Gasteiger partial charge < -0.3 is 11.1 Å². The fourth-order valence-electron chi connectivity index (χ4n) is 1.41. The lowest BCUT2D eigenvalue weighted by Crippen LogP contribution is -2.01. The summed E-state index contributed by atoms with van der Waals surface area (Å²) in [6.45, 7) is 0. The van der Waals surface area contributed by atoms with Crippen LogP contribution in [0.1, 0.15) is 0 Å². The minimum atomic E-state index is -0.624. The summed E-state index contributed by atoms with van der Waals surface area (Å²) in [4.78, 5) is 13.8. The zero-order valence-corrected chi connectivity index (χ0v) is 10.2. The summed E-state index contributed by atoms with van der Waals surface area (Å²) >= 11 is 5.63. The maximum Gasteiger partial charge on any atom is 0.311 e. The van der Waals surface area contributed by atoms with Crippen LogP contribution in [0, 0.1) is 15.9 Å². The molecule has 19 heavy (non-hydrogen) atoms. The van der Waals surface area contributed by atoms with Crippen LogP contribution in [-0.2, 0) is 0 Å². The highest BCUT2D eigenvalue weighted by Gasteiger charge is 2.13. The predicted octanol–water partition coefficient (Wildman–Crippen LogP) is 3.11. The molecule has 98 valence electrons. The SMILES string of the molecule is Nc1nc(Nc2ccc(F)c(Cl)c2)ccc1[N+](=O)[O-]. The van der Waals surface area contributed by atoms with E-state index in [0.29, 0.717) is 11.5 Å². The van der Waals surface area contributed by atoms with Crippen LogP contribution in [0.25, 0.3) is 0 Å². The monoisotopic (exact) mass is 282 g/mol. The largest absolute Gasteiger partial charge is 0.378 e. The molecule has 2 rings (SSSR count). The quantitative estimate of drug-likeness (QED) is 0.666. The first-order valence-electron chi connectivity index (χ1n) is 5.10. The Morgan fingerprint density at radius 1 is 1.37 bits per heavy atom. The Morgan fingerprint density at radius 3 is 2.68 bits per heavy atom. The molecule has 1 aromatic carbocycles. The number of nitro groups is 1. The number of rotatable bonds is 3. The standard InChI is InChI=1S/C11H8ClFN4O2/c12-7-5-6(1-2-8(7)13)15-10-4-3-9(17(18)19)11(14)16-10/h1-5H,(H3,14,15,16). The molecule has 0 bridgehead atoms. The number of nitrogen functional groups attached to an aromatic ring is 1. The third kappa shape index (κ3) is 2.89. The number of nitrogens with one attached hydrogen (secondary N) is 1. The number of benzene rings is 1. The summed E-state index contributed by atoms with van der Waals surface area (Å²) in [6.07, 6.45) is 0. The van der Waals surface area contributed by atoms with E-state index >= 15 is 0 Å². The van der Waals surface area contributed by atoms with Gasteiger partial charge in [0.15, 0.2) is 0 Å². The van der Waals surface area contributed by atoms with Crippen LogP contribution >= 0.6 is 11.6 Å². The van der Waals surface area contributed by atoms with Gasteiger partial charge in [-0.25, -0.2) is 9.37 Å². The normalized spacial score (nSPS) is 10.2. The molecule has 1 aromatic heterocycles. The van der Waals surface area contributed by atoms with Gasteiger partial charge in [-0.05, 0) is 24.3 Å². The van der Waals surface area contributed by atoms with Gasteiger partial charge in [-0.15, -0.1) is 0 Å². The van der Waals surface area contributed by atoms with Crippen molar-refractivity contribution < 1.29 is 9.31 Å². The van der Waals surface area contributed by atoms with Crippen molar-refractivity contribution in [3.63, 3.8) is 0 Å². The summed E-state index contributed by atoms with van der Waals surface area (Å²) in [5.74, 6) is -0.447. The van der Waals surface area contributed by atoms with Crippen LogP contribution in [0.2, 0.25) is 5.02 Å². The molecule has 0 atom stereocenters. The summed E-state index contributed by atoms with van der Waals surface area (Å²) in [6, 6.07) is 6.65. The van der Waals surface area contributed by atoms with Crippen molar-refractivity contribution in [2.45, 2.75) is 0 Å². The van der Waals surface area contributed by atoms with Gasteiger partial charge in [0.05, 0.1) is 9.95 Å². The van der Waals surface area contributed by atoms with Gasteiger partial charge in [-0.1, -0.05) is 11.6 Å². The Labute approximate surface area is 112 Å². The van der Waals surface area contributed by atoms with E-state index in [9.17, 15) is 14.5 Å². The van der Waals surface area contributed by atoms with Gasteiger partial charge in [0.1, 0.15) is 11.6 Å². The maximum absolute atomic E-state index is 13.0. The molecule has 0 saturated carbocycles. The van der Waals surface area contributed by atoms with Crippen molar-refractivity contribution in [2.24, 2.45) is 0 Å². The zero-order valence-electron chi connectivity index (χ0n) is 9.43. The summed E-state index contributed by atoms with van der Waals surface area (Å²) in [7, 11) is 0. The van der Waals surface area contributed by atoms with Gasteiger partial charge >= 0.3 is 5.69 Å². The Bertz CT molecular complexity index is 651. The molecular formula is C11H8ClFN4O2. The van der Waals surface area contributed by atoms with Crippen molar-refractivity contribution in [1.82, 2.24) is 4.98 Å². The third-order valence-electron chi connectivity index (χ3n) is 2.29. The minimum absolute atomic E-state index is 0.0418. The van der Waals surface area contributed by atoms with E-state index in [1.807, 2.05) is 0 Å². The Hall–Kier alpha value is -2.41. The second-order valence-electron chi connectivity index (χ2n) is 3.61. The van der Waals surface area contributed by atoms with Crippen molar-refractivity contribution in [2.75, 3.05) is 11.1 Å². The molecule has 6 nitrogen and oxygen atoms in total. The highest BCUT2D eigenvalue weighted by Crippen LogP contribution is 2.25. The highest BCUT2D eigenvalue weighted by atomic mass is 35.5. The van der Waals surface area contributed by atoms with E-state index in [0.717, 1.165) is 0 Å². The molecular weight excluding hydrogens is 275 g/mol. The van der Waals surface area contributed by atoms with E-state index in [-0.39, 0.29) is 16.5 Å². The molecule has 0 spiro atoms. The molecule has 0 saturated heterocycles. The molecule has 0 radical (unpaired) electrons. The number of aromatic nitrogens is 1. The summed E-state index contributed by atoms with van der Waals surface area (Å²) < 4.78 is 13.0. The molecule has 0 aliphatic carbocycles. The average molecular weight is 283 g/mol. The number of hydrogen-bond acceptors (Lipinski definition) is 5. The smallest absolute Gasteiger partial charge is 0.311 e. The number of hydrogen-bond donors (Lipinski definition) is 2. The van der Waals surface area contributed by atoms with Crippen LogP contribution < -0.4 is 11.1 Å². The molecule has 0 fully saturated rings. The molecule has 0 amide bonds. The van der Waals surface area contributed by atoms with Gasteiger partial charge in [0, 0.05) is 11.8 Å². The third-order valence-corrected chi connectivity index (χ3v) is 2.58. The van der Waals surface area contributed by atoms with E-state index in [2.05, 4.69) is 10.3 Å². The van der Waals surface area contributed by atoms with Crippen LogP contribution in [0.4, 0.5) is 27.4 Å². The predicted molar refractivity (Wildman–Crippen MR) is 70.0 cm³/mol. The van der Waals surface area contributed by atoms with Gasteiger partial charge in [0.25, 0.3) is 0 Å². The lowest BCUT2D eigenvalue weighted by molar-refractivity contribution is -0.384. The van der Waals surface area contributed by atoms with Crippen LogP contribution in [0.3, 0.4) is 0 Å². The lowest BCUT2D eigenvalue weighted by Gasteiger charge is -2.07. The molecule has 1 heterocycles. The van der Waals surface area contributed by atoms with Crippen LogP contribution in [0.5, 0.6) is 0 Å². The molecule has 0 aliphatic heterocycles. The molecule has 2 aromatic rings. The molecule has 0 aliphatic rings. The van der Waals surface area contributed by atoms with Crippen molar-refractivity contribution in [3.8, 4) is 0 Å². The van der Waals surface area contributed by atoms with E-state index in [4.69, 9.17) is 17.3 Å². The topological polar surface area (TPSA) is 94.1 Å². The number of pyridine rings is 1. The van der Waals surface area contributed by atoms with Gasteiger partial charge in [0.2, 0.25) is 5.82 Å². The van der Waals surface area contributed by atoms with Crippen molar-refractivity contribution in [1.29, 1.82) is 0 Å². The fraction of sp³-hybridized carbons (Fsp3) is 0. The lowest BCUT2D eigenvalue weighted by atomic mass is 10.3. The van der Waals surface area contributed by atoms with Crippen LogP contribution in [0.15, 0.2) is 30.3 Å². The second kappa shape index (κ2) is 5.07. The van der Waals surface area contributed by atoms with Crippen molar-refractivity contribution in [3.05, 3.63) is 51.3 Å². The first-order valence-corrected chi connectivity index (χ1v) is 5.48. The number of nitrogens with two attached hydrogens (primary N) is 1. The Kier molecular flexibility index (Phi) is 3.48. The molecule has 8 heteroatoms. The first kappa shape index (κ1) is 13.0. The van der Waals surface area contributed by atoms with E-state index in [1.165, 1.54) is 30.3 Å². The van der Waals surface area contributed by atoms with Gasteiger partial charge in [-0.2, -0.15) is 0 Å². The van der Waals surface area contributed by atoms with Gasteiger partial charge in [-0.3, -0.25) is 10.1 Å². The molecule has 3 N–H and O–H groups in total. The maximum atomic E-state index is 13.0. The molecule has 0 unspecified atom stereocenters. The summed E-state index contributed by atoms with van der Waals surface area (Å²) in [5, 5.41) is 13.4. The first-order chi connectivity index (χ1) is 8.97. The van der Waals surface area contributed by atoms with Crippen LogP contribution in [-0.4, -0.2) is 9.91 Å². The van der Waals surface area contributed by atoms with E-state index < -0.39 is 10.7 Å². The Balaban J connectivity index is 2.26. The highest BCUT2D eigenvalue weighted by molar-refractivity contribution is 6.31. The average Bonchev–Trinajstić information content (AvgIpc) is 2.33. The van der Waals surface area contributed by atoms with E-state index in [1.54, 1.807) is 0 Å². The minimum Gasteiger partial charge on any atom is -0.378 e. The Morgan fingerprint density at radius 2 is 2.11 bits per heavy atom. The summed E-state index contributed by atoms with van der Waals surface area (Å²) in [5.41, 5.74) is 5.67. The number of halogens is 2. The fourth-order valence-corrected chi connectivity index (χ4v) is 1.59.